The molecular weight excluding hydrogens is 673 g/mol. The number of hydrogen-bond donors (Lipinski definition) is 1. The van der Waals surface area contributed by atoms with Crippen molar-refractivity contribution in [3.8, 4) is 22.3 Å². The predicted molar refractivity (Wildman–Crippen MR) is 224 cm³/mol. The summed E-state index contributed by atoms with van der Waals surface area (Å²) in [5.74, 6) is 0.848. The lowest BCUT2D eigenvalue weighted by atomic mass is 9.67. The molecule has 1 aliphatic carbocycles. The van der Waals surface area contributed by atoms with E-state index in [0.29, 0.717) is 0 Å². The molecule has 8 aromatic rings. The third-order valence-electron chi connectivity index (χ3n) is 11.5. The Morgan fingerprint density at radius 2 is 1.13 bits per heavy atom. The van der Waals surface area contributed by atoms with Crippen molar-refractivity contribution in [2.75, 3.05) is 0 Å². The highest BCUT2D eigenvalue weighted by atomic mass is 16.1. The highest BCUT2D eigenvalue weighted by Gasteiger charge is 2.47. The summed E-state index contributed by atoms with van der Waals surface area (Å²) in [6, 6.07) is 62.5. The lowest BCUT2D eigenvalue weighted by Crippen LogP contribution is -2.29. The van der Waals surface area contributed by atoms with Crippen molar-refractivity contribution >= 4 is 22.6 Å². The lowest BCUT2D eigenvalue weighted by molar-refractivity contribution is 0.766. The molecule has 7 aromatic carbocycles. The normalized spacial score (nSPS) is 15.5. The first-order valence-corrected chi connectivity index (χ1v) is 18.7. The maximum atomic E-state index is 12.9. The second-order valence-electron chi connectivity index (χ2n) is 14.5. The zero-order chi connectivity index (χ0) is 37.1. The molecule has 1 aliphatic heterocycles. The van der Waals surface area contributed by atoms with Crippen LogP contribution in [0.4, 0.5) is 0 Å². The van der Waals surface area contributed by atoms with Gasteiger partial charge in [0.1, 0.15) is 5.84 Å². The van der Waals surface area contributed by atoms with Crippen molar-refractivity contribution in [1.82, 2.24) is 14.5 Å². The zero-order valence-electron chi connectivity index (χ0n) is 30.6. The van der Waals surface area contributed by atoms with Crippen LogP contribution < -0.4 is 11.0 Å². The van der Waals surface area contributed by atoms with Crippen molar-refractivity contribution in [1.29, 1.82) is 0 Å². The smallest absolute Gasteiger partial charge is 0.328 e. The molecule has 1 atom stereocenters. The molecule has 5 heteroatoms. The largest absolute Gasteiger partial charge is 0.340 e. The molecule has 2 aliphatic rings. The number of amidine groups is 1. The summed E-state index contributed by atoms with van der Waals surface area (Å²) in [4.78, 5) is 18.3. The molecular formula is C50H38N4O. The van der Waals surface area contributed by atoms with E-state index in [0.717, 1.165) is 50.4 Å². The molecule has 0 radical (unpaired) electrons. The van der Waals surface area contributed by atoms with Gasteiger partial charge in [-0.3, -0.25) is 14.1 Å². The van der Waals surface area contributed by atoms with E-state index in [9.17, 15) is 4.79 Å². The molecule has 5 nitrogen and oxygen atoms in total. The summed E-state index contributed by atoms with van der Waals surface area (Å²) in [6.45, 7) is 0. The van der Waals surface area contributed by atoms with E-state index < -0.39 is 5.41 Å². The molecule has 0 spiro atoms. The van der Waals surface area contributed by atoms with Gasteiger partial charge in [0, 0.05) is 25.4 Å². The highest BCUT2D eigenvalue weighted by Crippen LogP contribution is 2.58. The van der Waals surface area contributed by atoms with Crippen LogP contribution in [0, 0.1) is 0 Å². The summed E-state index contributed by atoms with van der Waals surface area (Å²) in [7, 11) is 3.67. The number of nitrogens with one attached hydrogen (secondary N) is 1. The monoisotopic (exact) mass is 710 g/mol. The van der Waals surface area contributed by atoms with Crippen LogP contribution in [-0.2, 0) is 19.5 Å². The number of aliphatic imine (C=N–C) groups is 1. The molecule has 0 saturated carbocycles. The Balaban J connectivity index is 1.25. The van der Waals surface area contributed by atoms with Crippen LogP contribution >= 0.6 is 0 Å². The predicted octanol–water partition coefficient (Wildman–Crippen LogP) is 10.0. The van der Waals surface area contributed by atoms with Gasteiger partial charge >= 0.3 is 5.69 Å². The van der Waals surface area contributed by atoms with Crippen LogP contribution in [0.2, 0.25) is 0 Å². The number of aromatic nitrogens is 2. The van der Waals surface area contributed by atoms with Crippen molar-refractivity contribution in [3.63, 3.8) is 0 Å². The van der Waals surface area contributed by atoms with Gasteiger partial charge in [0.05, 0.1) is 22.5 Å². The van der Waals surface area contributed by atoms with Crippen LogP contribution in [0.3, 0.4) is 0 Å². The van der Waals surface area contributed by atoms with Crippen LogP contribution in [0.15, 0.2) is 192 Å². The lowest BCUT2D eigenvalue weighted by Gasteiger charge is -2.34. The van der Waals surface area contributed by atoms with Gasteiger partial charge < -0.3 is 5.32 Å². The van der Waals surface area contributed by atoms with Gasteiger partial charge in [-0.25, -0.2) is 4.79 Å². The van der Waals surface area contributed by atoms with Crippen molar-refractivity contribution < 1.29 is 0 Å². The number of fused-ring (bicyclic) bond motifs is 4. The maximum Gasteiger partial charge on any atom is 0.328 e. The summed E-state index contributed by atoms with van der Waals surface area (Å²) < 4.78 is 3.44. The number of imidazole rings is 1. The van der Waals surface area contributed by atoms with E-state index in [2.05, 4.69) is 181 Å². The number of rotatable bonds is 6. The molecule has 0 fully saturated rings. The van der Waals surface area contributed by atoms with E-state index in [1.54, 1.807) is 9.13 Å². The zero-order valence-corrected chi connectivity index (χ0v) is 30.6. The fourth-order valence-corrected chi connectivity index (χ4v) is 8.90. The van der Waals surface area contributed by atoms with Gasteiger partial charge in [0.15, 0.2) is 0 Å². The third-order valence-corrected chi connectivity index (χ3v) is 11.5. The average Bonchev–Trinajstić information content (AvgIpc) is 3.68. The van der Waals surface area contributed by atoms with E-state index in [1.807, 2.05) is 20.2 Å². The molecule has 0 amide bonds. The summed E-state index contributed by atoms with van der Waals surface area (Å²) >= 11 is 0. The number of hydrogen-bond acceptors (Lipinski definition) is 3. The first-order chi connectivity index (χ1) is 27.0. The molecule has 264 valence electrons. The first-order valence-electron chi connectivity index (χ1n) is 18.7. The van der Waals surface area contributed by atoms with Crippen molar-refractivity contribution in [2.24, 2.45) is 19.1 Å². The Hall–Kier alpha value is -6.98. The molecule has 1 aromatic heterocycles. The Bertz CT molecular complexity index is 2770. The van der Waals surface area contributed by atoms with Gasteiger partial charge in [-0.1, -0.05) is 158 Å². The van der Waals surface area contributed by atoms with E-state index in [1.165, 1.54) is 33.4 Å². The molecule has 10 rings (SSSR count). The number of nitrogens with zero attached hydrogens (tertiary/aromatic N) is 3. The molecule has 0 bridgehead atoms. The van der Waals surface area contributed by atoms with Crippen LogP contribution in [0.5, 0.6) is 0 Å². The topological polar surface area (TPSA) is 51.3 Å². The Morgan fingerprint density at radius 3 is 1.80 bits per heavy atom. The van der Waals surface area contributed by atoms with Gasteiger partial charge in [-0.05, 0) is 79.9 Å². The fraction of sp³-hybridized carbons (Fsp3) is 0.0800. The van der Waals surface area contributed by atoms with Gasteiger partial charge in [-0.2, -0.15) is 0 Å². The Morgan fingerprint density at radius 1 is 0.545 bits per heavy atom. The van der Waals surface area contributed by atoms with Crippen LogP contribution in [-0.4, -0.2) is 15.0 Å². The minimum Gasteiger partial charge on any atom is -0.340 e. The summed E-state index contributed by atoms with van der Waals surface area (Å²) in [5.41, 5.74) is 15.0. The molecule has 2 heterocycles. The van der Waals surface area contributed by atoms with Crippen LogP contribution in [0.1, 0.15) is 45.0 Å². The third kappa shape index (κ3) is 5.08. The first kappa shape index (κ1) is 32.7. The van der Waals surface area contributed by atoms with E-state index in [4.69, 9.17) is 4.99 Å². The second-order valence-corrected chi connectivity index (χ2v) is 14.5. The number of benzene rings is 7. The maximum absolute atomic E-state index is 12.9. The Kier molecular flexibility index (Phi) is 7.63. The molecule has 0 saturated heterocycles. The molecule has 55 heavy (non-hydrogen) atoms. The summed E-state index contributed by atoms with van der Waals surface area (Å²) in [6.07, 6.45) is 2.27. The summed E-state index contributed by atoms with van der Waals surface area (Å²) in [5, 5.41) is 3.68. The minimum absolute atomic E-state index is 0.0308. The van der Waals surface area contributed by atoms with Crippen LogP contribution in [0.25, 0.3) is 39.0 Å². The van der Waals surface area contributed by atoms with Crippen molar-refractivity contribution in [2.45, 2.75) is 11.5 Å². The quantitative estimate of drug-likeness (QED) is 0.187. The van der Waals surface area contributed by atoms with E-state index >= 15 is 0 Å². The minimum atomic E-state index is -0.603. The highest BCUT2D eigenvalue weighted by molar-refractivity contribution is 6.05. The van der Waals surface area contributed by atoms with Gasteiger partial charge in [0.25, 0.3) is 0 Å². The Labute approximate surface area is 320 Å². The van der Waals surface area contributed by atoms with Crippen molar-refractivity contribution in [3.05, 3.63) is 231 Å². The van der Waals surface area contributed by atoms with E-state index in [-0.39, 0.29) is 11.7 Å². The van der Waals surface area contributed by atoms with Gasteiger partial charge in [-0.15, -0.1) is 0 Å². The standard InChI is InChI=1S/C50H38N4O/c1-53-45-29-27-36(31-46(45)54(2)49(53)55)35-26-28-39-42(30-35)50(37-20-11-5-12-21-37,38-22-13-6-14-23-38)41-25-15-24-40(47(39)41)44-32-43(33-16-7-3-8-17-33)51-48(52-44)34-18-9-4-10-19-34/h3-32,44H,1-2H3,(H,51,52). The average molecular weight is 711 g/mol. The molecule has 1 N–H and O–H groups in total. The SMILES string of the molecule is Cn1c(=O)n(C)c2cc(-c3ccc4c(c3)C(c3ccccc3)(c3ccccc3)c3cccc(C5C=C(c6ccccc6)NC(c6ccccc6)=N5)c3-4)ccc21. The second kappa shape index (κ2) is 12.9. The van der Waals surface area contributed by atoms with Gasteiger partial charge in [0.2, 0.25) is 0 Å². The number of aryl methyl sites for hydroxylation is 2. The molecule has 1 unspecified atom stereocenters. The fourth-order valence-electron chi connectivity index (χ4n) is 8.90.